The Bertz CT molecular complexity index is 1390. The number of aromatic nitrogens is 6. The Morgan fingerprint density at radius 1 is 1.07 bits per heavy atom. The Morgan fingerprint density at radius 2 is 1.97 bits per heavy atom. The summed E-state index contributed by atoms with van der Waals surface area (Å²) in [6.07, 6.45) is 3.34. The molecule has 8 nitrogen and oxygen atoms in total. The van der Waals surface area contributed by atoms with Crippen molar-refractivity contribution < 1.29 is 4.74 Å². The molecule has 2 N–H and O–H groups in total. The lowest BCUT2D eigenvalue weighted by molar-refractivity contribution is 0.331. The van der Waals surface area contributed by atoms with Crippen LogP contribution >= 0.6 is 0 Å². The van der Waals surface area contributed by atoms with Crippen LogP contribution < -0.4 is 9.64 Å². The van der Waals surface area contributed by atoms with Gasteiger partial charge >= 0.3 is 0 Å². The van der Waals surface area contributed by atoms with Gasteiger partial charge in [0.2, 0.25) is 0 Å². The van der Waals surface area contributed by atoms with Gasteiger partial charge in [-0.15, -0.1) is 0 Å². The van der Waals surface area contributed by atoms with Crippen LogP contribution in [0.4, 0.5) is 5.82 Å². The minimum Gasteiger partial charge on any atom is -0.491 e. The summed E-state index contributed by atoms with van der Waals surface area (Å²) in [6, 6.07) is 12.7. The number of hydrogen-bond donors (Lipinski definition) is 2. The summed E-state index contributed by atoms with van der Waals surface area (Å²) in [5.74, 6) is 2.70. The van der Waals surface area contributed by atoms with Crippen molar-refractivity contribution in [1.82, 2.24) is 30.1 Å². The van der Waals surface area contributed by atoms with Gasteiger partial charge in [-0.2, -0.15) is 5.10 Å². The van der Waals surface area contributed by atoms with Crippen LogP contribution in [0.1, 0.15) is 11.4 Å². The molecular weight excluding hydrogens is 378 g/mol. The van der Waals surface area contributed by atoms with Gasteiger partial charge in [-0.05, 0) is 42.3 Å². The number of H-pyrrole nitrogens is 2. The number of aryl methyl sites for hydroxylation is 1. The largest absolute Gasteiger partial charge is 0.491 e. The molecule has 6 rings (SSSR count). The van der Waals surface area contributed by atoms with Crippen molar-refractivity contribution in [3.63, 3.8) is 0 Å². The Labute approximate surface area is 172 Å². The molecular formula is C22H19N7O. The second-order valence-corrected chi connectivity index (χ2v) is 7.48. The normalized spacial score (nSPS) is 14.0. The van der Waals surface area contributed by atoms with Crippen molar-refractivity contribution >= 4 is 27.9 Å². The monoisotopic (exact) mass is 397 g/mol. The fourth-order valence-electron chi connectivity index (χ4n) is 4.08. The first kappa shape index (κ1) is 17.0. The second-order valence-electron chi connectivity index (χ2n) is 7.48. The number of imidazole rings is 1. The lowest BCUT2D eigenvalue weighted by Crippen LogP contribution is -2.26. The molecule has 1 aliphatic rings. The molecule has 0 atom stereocenters. The van der Waals surface area contributed by atoms with Crippen LogP contribution in [0.2, 0.25) is 0 Å². The number of fused-ring (bicyclic) bond motifs is 3. The molecule has 0 spiro atoms. The van der Waals surface area contributed by atoms with Crippen LogP contribution in [0.5, 0.6) is 5.75 Å². The van der Waals surface area contributed by atoms with Crippen molar-refractivity contribution in [2.45, 2.75) is 13.5 Å². The topological polar surface area (TPSA) is 95.6 Å². The molecule has 0 saturated heterocycles. The van der Waals surface area contributed by atoms with Gasteiger partial charge in [-0.1, -0.05) is 12.1 Å². The van der Waals surface area contributed by atoms with Gasteiger partial charge in [0, 0.05) is 12.1 Å². The lowest BCUT2D eigenvalue weighted by Gasteiger charge is -2.21. The van der Waals surface area contributed by atoms with E-state index < -0.39 is 0 Å². The first-order chi connectivity index (χ1) is 14.7. The predicted molar refractivity (Wildman–Crippen MR) is 114 cm³/mol. The van der Waals surface area contributed by atoms with Crippen LogP contribution in [0.15, 0.2) is 48.9 Å². The molecule has 8 heteroatoms. The molecule has 5 aromatic rings. The quantitative estimate of drug-likeness (QED) is 0.473. The van der Waals surface area contributed by atoms with E-state index in [-0.39, 0.29) is 0 Å². The number of aromatic amines is 2. The van der Waals surface area contributed by atoms with Gasteiger partial charge in [0.25, 0.3) is 0 Å². The number of benzene rings is 2. The van der Waals surface area contributed by atoms with Crippen LogP contribution in [0.3, 0.4) is 0 Å². The van der Waals surface area contributed by atoms with E-state index in [2.05, 4.69) is 71.4 Å². The van der Waals surface area contributed by atoms with E-state index in [9.17, 15) is 0 Å². The predicted octanol–water partition coefficient (Wildman–Crippen LogP) is 3.60. The minimum absolute atomic E-state index is 0.592. The van der Waals surface area contributed by atoms with Gasteiger partial charge in [0.1, 0.15) is 30.3 Å². The Morgan fingerprint density at radius 3 is 2.93 bits per heavy atom. The number of rotatable bonds is 2. The van der Waals surface area contributed by atoms with Crippen molar-refractivity contribution in [2.75, 3.05) is 18.1 Å². The summed E-state index contributed by atoms with van der Waals surface area (Å²) < 4.78 is 6.03. The first-order valence-electron chi connectivity index (χ1n) is 9.86. The number of nitrogens with zero attached hydrogens (tertiary/aromatic N) is 5. The highest BCUT2D eigenvalue weighted by atomic mass is 16.5. The van der Waals surface area contributed by atoms with Gasteiger partial charge in [-0.3, -0.25) is 5.10 Å². The number of hydrogen-bond acceptors (Lipinski definition) is 6. The molecule has 0 unspecified atom stereocenters. The molecule has 1 aliphatic heterocycles. The van der Waals surface area contributed by atoms with E-state index in [4.69, 9.17) is 4.74 Å². The fourth-order valence-corrected chi connectivity index (χ4v) is 4.08. The fraction of sp³-hybridized carbons (Fsp3) is 0.182. The maximum atomic E-state index is 6.03. The third-order valence-electron chi connectivity index (χ3n) is 5.50. The third kappa shape index (κ3) is 2.76. The molecule has 3 aromatic heterocycles. The van der Waals surface area contributed by atoms with Crippen LogP contribution in [0.25, 0.3) is 33.2 Å². The van der Waals surface area contributed by atoms with E-state index in [1.807, 2.05) is 6.92 Å². The summed E-state index contributed by atoms with van der Waals surface area (Å²) in [7, 11) is 0. The van der Waals surface area contributed by atoms with E-state index in [1.165, 1.54) is 0 Å². The van der Waals surface area contributed by atoms with Gasteiger partial charge in [0.05, 0.1) is 29.2 Å². The highest BCUT2D eigenvalue weighted by molar-refractivity contribution is 5.86. The standard InChI is InChI=1S/C22H19N7O/c1-13-26-18-4-2-15(9-19(18)27-13)14-3-5-20-16(8-14)11-29(6-7-30-20)22-17-10-25-28-21(17)23-12-24-22/h2-5,8-10,12H,6-7,11H2,1H3,(H,26,27)(H,23,24,25,28). The highest BCUT2D eigenvalue weighted by Crippen LogP contribution is 2.32. The van der Waals surface area contributed by atoms with Gasteiger partial charge in [-0.25, -0.2) is 15.0 Å². The lowest BCUT2D eigenvalue weighted by atomic mass is 10.0. The van der Waals surface area contributed by atoms with E-state index in [0.29, 0.717) is 13.2 Å². The van der Waals surface area contributed by atoms with Crippen molar-refractivity contribution in [3.8, 4) is 16.9 Å². The molecule has 2 aromatic carbocycles. The SMILES string of the molecule is Cc1nc2ccc(-c3ccc4c(c3)CN(c3ncnc5[nH]ncc35)CCO4)cc2[nH]1. The molecule has 0 bridgehead atoms. The van der Waals surface area contributed by atoms with E-state index >= 15 is 0 Å². The van der Waals surface area contributed by atoms with Crippen LogP contribution in [-0.4, -0.2) is 43.3 Å². The Hall–Kier alpha value is -3.94. The highest BCUT2D eigenvalue weighted by Gasteiger charge is 2.20. The molecule has 0 radical (unpaired) electrons. The summed E-state index contributed by atoms with van der Waals surface area (Å²) >= 11 is 0. The molecule has 148 valence electrons. The molecule has 0 aliphatic carbocycles. The van der Waals surface area contributed by atoms with E-state index in [0.717, 1.165) is 62.7 Å². The molecule has 0 saturated carbocycles. The number of ether oxygens (including phenoxy) is 1. The zero-order chi connectivity index (χ0) is 20.1. The molecule has 4 heterocycles. The van der Waals surface area contributed by atoms with Gasteiger partial charge in [0.15, 0.2) is 5.65 Å². The average Bonchev–Trinajstić information content (AvgIpc) is 3.32. The Kier molecular flexibility index (Phi) is 3.70. The third-order valence-corrected chi connectivity index (χ3v) is 5.50. The van der Waals surface area contributed by atoms with Gasteiger partial charge < -0.3 is 14.6 Å². The zero-order valence-corrected chi connectivity index (χ0v) is 16.4. The van der Waals surface area contributed by atoms with Crippen molar-refractivity contribution in [2.24, 2.45) is 0 Å². The number of anilines is 1. The number of nitrogens with one attached hydrogen (secondary N) is 2. The van der Waals surface area contributed by atoms with Crippen molar-refractivity contribution in [1.29, 1.82) is 0 Å². The molecule has 0 fully saturated rings. The maximum absolute atomic E-state index is 6.03. The Balaban J connectivity index is 1.39. The first-order valence-corrected chi connectivity index (χ1v) is 9.86. The second kappa shape index (κ2) is 6.55. The van der Waals surface area contributed by atoms with Crippen LogP contribution in [-0.2, 0) is 6.54 Å². The summed E-state index contributed by atoms with van der Waals surface area (Å²) in [6.45, 7) is 4.00. The molecule has 30 heavy (non-hydrogen) atoms. The smallest absolute Gasteiger partial charge is 0.160 e. The minimum atomic E-state index is 0.592. The average molecular weight is 397 g/mol. The maximum Gasteiger partial charge on any atom is 0.160 e. The van der Waals surface area contributed by atoms with Crippen molar-refractivity contribution in [3.05, 3.63) is 60.3 Å². The van der Waals surface area contributed by atoms with Crippen LogP contribution in [0, 0.1) is 6.92 Å². The summed E-state index contributed by atoms with van der Waals surface area (Å²) in [4.78, 5) is 18.8. The summed E-state index contributed by atoms with van der Waals surface area (Å²) in [5, 5.41) is 7.94. The zero-order valence-electron chi connectivity index (χ0n) is 16.4. The summed E-state index contributed by atoms with van der Waals surface area (Å²) in [5.41, 5.74) is 6.17. The van der Waals surface area contributed by atoms with E-state index in [1.54, 1.807) is 12.5 Å². The molecule has 0 amide bonds.